The summed E-state index contributed by atoms with van der Waals surface area (Å²) >= 11 is 0. The number of carbonyl (C=O) groups is 1. The van der Waals surface area contributed by atoms with Crippen LogP contribution in [0.2, 0.25) is 0 Å². The summed E-state index contributed by atoms with van der Waals surface area (Å²) in [6.07, 6.45) is 0. The molecule has 8 heteroatoms. The number of amides is 1. The van der Waals surface area contributed by atoms with Crippen molar-refractivity contribution in [3.05, 3.63) is 28.8 Å². The number of hydrogen-bond acceptors (Lipinski definition) is 3. The van der Waals surface area contributed by atoms with Gasteiger partial charge in [0.25, 0.3) is 5.91 Å². The van der Waals surface area contributed by atoms with Gasteiger partial charge in [0.15, 0.2) is 5.96 Å². The third-order valence-electron chi connectivity index (χ3n) is 2.54. The topological polar surface area (TPSA) is 128 Å². The Labute approximate surface area is 111 Å². The molecule has 0 fully saturated rings. The highest BCUT2D eigenvalue weighted by Gasteiger charge is 2.19. The average molecular weight is 284 g/mol. The van der Waals surface area contributed by atoms with Crippen LogP contribution in [0, 0.1) is 13.8 Å². The molecular formula is C11H16N4O3S. The molecular weight excluding hydrogens is 268 g/mol. The number of aliphatic imine (C=N–C) groups is 1. The molecule has 5 N–H and O–H groups in total. The van der Waals surface area contributed by atoms with E-state index in [1.807, 2.05) is 0 Å². The first-order valence-corrected chi connectivity index (χ1v) is 6.86. The zero-order valence-electron chi connectivity index (χ0n) is 10.9. The maximum absolute atomic E-state index is 11.8. The van der Waals surface area contributed by atoms with Crippen molar-refractivity contribution >= 4 is 21.9 Å². The van der Waals surface area contributed by atoms with Crippen LogP contribution < -0.4 is 16.2 Å². The van der Waals surface area contributed by atoms with Crippen LogP contribution in [-0.2, 0) is 10.0 Å². The summed E-state index contributed by atoms with van der Waals surface area (Å²) in [5.41, 5.74) is 11.6. The molecule has 19 heavy (non-hydrogen) atoms. The second-order valence-electron chi connectivity index (χ2n) is 3.98. The average Bonchev–Trinajstić information content (AvgIpc) is 2.27. The van der Waals surface area contributed by atoms with Crippen LogP contribution in [-0.4, -0.2) is 27.3 Å². The lowest BCUT2D eigenvalue weighted by Gasteiger charge is -2.10. The second-order valence-corrected chi connectivity index (χ2v) is 5.84. The van der Waals surface area contributed by atoms with E-state index < -0.39 is 15.9 Å². The fourth-order valence-electron chi connectivity index (χ4n) is 1.64. The van der Waals surface area contributed by atoms with Gasteiger partial charge in [0.1, 0.15) is 0 Å². The Bertz CT molecular complexity index is 646. The Hall–Kier alpha value is -1.93. The molecule has 1 rings (SSSR count). The Morgan fingerprint density at radius 3 is 2.26 bits per heavy atom. The van der Waals surface area contributed by atoms with E-state index in [0.29, 0.717) is 11.1 Å². The Kier molecular flexibility index (Phi) is 4.28. The van der Waals surface area contributed by atoms with Crippen LogP contribution in [0.15, 0.2) is 22.0 Å². The normalized spacial score (nSPS) is 11.1. The van der Waals surface area contributed by atoms with Gasteiger partial charge in [0.05, 0.1) is 4.90 Å². The third kappa shape index (κ3) is 3.30. The highest BCUT2D eigenvalue weighted by molar-refractivity contribution is 7.89. The van der Waals surface area contributed by atoms with E-state index in [-0.39, 0.29) is 16.4 Å². The van der Waals surface area contributed by atoms with Gasteiger partial charge in [-0.25, -0.2) is 13.1 Å². The molecule has 104 valence electrons. The number of hydrogen-bond donors (Lipinski definition) is 3. The lowest BCUT2D eigenvalue weighted by molar-refractivity contribution is 0.100. The molecule has 0 saturated carbocycles. The number of guanidine groups is 1. The standard InChI is InChI=1S/C11H16N4O3S/c1-6-4-7(2)9(19(17,18)14-3)5-8(6)10(16)15-11(12)13/h4-5,14H,1-3H3,(H4,12,13,15,16). The summed E-state index contributed by atoms with van der Waals surface area (Å²) in [4.78, 5) is 15.2. The van der Waals surface area contributed by atoms with Crippen LogP contribution in [0.3, 0.4) is 0 Å². The van der Waals surface area contributed by atoms with E-state index >= 15 is 0 Å². The molecule has 0 saturated heterocycles. The molecule has 1 aromatic rings. The lowest BCUT2D eigenvalue weighted by atomic mass is 10.1. The first kappa shape index (κ1) is 15.1. The van der Waals surface area contributed by atoms with Gasteiger partial charge in [-0.05, 0) is 38.1 Å². The van der Waals surface area contributed by atoms with E-state index in [0.717, 1.165) is 0 Å². The van der Waals surface area contributed by atoms with Crippen LogP contribution in [0.4, 0.5) is 0 Å². The first-order valence-electron chi connectivity index (χ1n) is 5.37. The first-order chi connectivity index (χ1) is 8.69. The number of rotatable bonds is 3. The van der Waals surface area contributed by atoms with E-state index in [9.17, 15) is 13.2 Å². The van der Waals surface area contributed by atoms with Gasteiger partial charge in [-0.1, -0.05) is 6.07 Å². The Balaban J connectivity index is 3.49. The van der Waals surface area contributed by atoms with E-state index in [1.165, 1.54) is 13.1 Å². The molecule has 0 aromatic heterocycles. The van der Waals surface area contributed by atoms with Crippen LogP contribution >= 0.6 is 0 Å². The minimum atomic E-state index is -3.64. The maximum atomic E-state index is 11.8. The van der Waals surface area contributed by atoms with Gasteiger partial charge >= 0.3 is 0 Å². The van der Waals surface area contributed by atoms with Crippen molar-refractivity contribution in [2.24, 2.45) is 16.5 Å². The molecule has 0 spiro atoms. The third-order valence-corrected chi connectivity index (χ3v) is 4.10. The van der Waals surface area contributed by atoms with Crippen molar-refractivity contribution in [2.75, 3.05) is 7.05 Å². The number of aryl methyl sites for hydroxylation is 2. The second kappa shape index (κ2) is 5.37. The summed E-state index contributed by atoms with van der Waals surface area (Å²) < 4.78 is 25.8. The number of nitrogens with two attached hydrogens (primary N) is 2. The van der Waals surface area contributed by atoms with Crippen molar-refractivity contribution in [3.8, 4) is 0 Å². The fraction of sp³-hybridized carbons (Fsp3) is 0.273. The molecule has 0 aliphatic carbocycles. The summed E-state index contributed by atoms with van der Waals surface area (Å²) in [7, 11) is -2.35. The smallest absolute Gasteiger partial charge is 0.280 e. The summed E-state index contributed by atoms with van der Waals surface area (Å²) in [6.45, 7) is 3.32. The maximum Gasteiger partial charge on any atom is 0.280 e. The SMILES string of the molecule is CNS(=O)(=O)c1cc(C(=O)N=C(N)N)c(C)cc1C. The summed E-state index contributed by atoms with van der Waals surface area (Å²) in [5.74, 6) is -1.05. The van der Waals surface area contributed by atoms with Crippen molar-refractivity contribution in [1.29, 1.82) is 0 Å². The molecule has 0 aliphatic rings. The summed E-state index contributed by atoms with van der Waals surface area (Å²) in [5, 5.41) is 0. The molecule has 1 aromatic carbocycles. The Morgan fingerprint density at radius 2 is 1.79 bits per heavy atom. The van der Waals surface area contributed by atoms with Crippen LogP contribution in [0.1, 0.15) is 21.5 Å². The molecule has 0 unspecified atom stereocenters. The van der Waals surface area contributed by atoms with Crippen molar-refractivity contribution in [3.63, 3.8) is 0 Å². The van der Waals surface area contributed by atoms with Gasteiger partial charge in [-0.3, -0.25) is 4.79 Å². The monoisotopic (exact) mass is 284 g/mol. The fourth-order valence-corrected chi connectivity index (χ4v) is 2.62. The van der Waals surface area contributed by atoms with Gasteiger partial charge in [0.2, 0.25) is 10.0 Å². The Morgan fingerprint density at radius 1 is 1.21 bits per heavy atom. The molecule has 0 aliphatic heterocycles. The number of sulfonamides is 1. The van der Waals surface area contributed by atoms with E-state index in [4.69, 9.17) is 11.5 Å². The largest absolute Gasteiger partial charge is 0.370 e. The van der Waals surface area contributed by atoms with Crippen LogP contribution in [0.5, 0.6) is 0 Å². The molecule has 1 amide bonds. The molecule has 7 nitrogen and oxygen atoms in total. The zero-order chi connectivity index (χ0) is 14.8. The van der Waals surface area contributed by atoms with Gasteiger partial charge in [-0.2, -0.15) is 4.99 Å². The quantitative estimate of drug-likeness (QED) is 0.515. The number of nitrogens with one attached hydrogen (secondary N) is 1. The number of carbonyl (C=O) groups excluding carboxylic acids is 1. The predicted octanol–water partition coefficient (Wildman–Crippen LogP) is -0.375. The predicted molar refractivity (Wildman–Crippen MR) is 72.3 cm³/mol. The van der Waals surface area contributed by atoms with Gasteiger partial charge < -0.3 is 11.5 Å². The van der Waals surface area contributed by atoms with Crippen molar-refractivity contribution in [2.45, 2.75) is 18.7 Å². The highest BCUT2D eigenvalue weighted by Crippen LogP contribution is 2.21. The lowest BCUT2D eigenvalue weighted by Crippen LogP contribution is -2.24. The van der Waals surface area contributed by atoms with E-state index in [1.54, 1.807) is 19.9 Å². The molecule has 0 atom stereocenters. The van der Waals surface area contributed by atoms with Crippen molar-refractivity contribution < 1.29 is 13.2 Å². The van der Waals surface area contributed by atoms with Gasteiger partial charge in [-0.15, -0.1) is 0 Å². The summed E-state index contributed by atoms with van der Waals surface area (Å²) in [6, 6.07) is 2.87. The van der Waals surface area contributed by atoms with Crippen LogP contribution in [0.25, 0.3) is 0 Å². The van der Waals surface area contributed by atoms with Gasteiger partial charge in [0, 0.05) is 5.56 Å². The number of nitrogens with zero attached hydrogens (tertiary/aromatic N) is 1. The molecule has 0 heterocycles. The number of benzene rings is 1. The van der Waals surface area contributed by atoms with E-state index in [2.05, 4.69) is 9.71 Å². The zero-order valence-corrected chi connectivity index (χ0v) is 11.7. The minimum absolute atomic E-state index is 0.0229. The molecule has 0 radical (unpaired) electrons. The minimum Gasteiger partial charge on any atom is -0.370 e. The molecule has 0 bridgehead atoms. The highest BCUT2D eigenvalue weighted by atomic mass is 32.2. The van der Waals surface area contributed by atoms with Crippen molar-refractivity contribution in [1.82, 2.24) is 4.72 Å².